The summed E-state index contributed by atoms with van der Waals surface area (Å²) in [5.74, 6) is -2.24. The summed E-state index contributed by atoms with van der Waals surface area (Å²) in [4.78, 5) is 52.9. The van der Waals surface area contributed by atoms with E-state index >= 15 is 0 Å². The molecule has 7 nitrogen and oxygen atoms in total. The highest BCUT2D eigenvalue weighted by atomic mass is 32.1. The van der Waals surface area contributed by atoms with Crippen molar-refractivity contribution in [3.63, 3.8) is 0 Å². The molecule has 2 aromatic rings. The maximum Gasteiger partial charge on any atom is 0.334 e. The Bertz CT molecular complexity index is 965. The summed E-state index contributed by atoms with van der Waals surface area (Å²) in [5.41, 5.74) is 2.01. The van der Waals surface area contributed by atoms with Crippen molar-refractivity contribution in [2.75, 3.05) is 6.54 Å². The fourth-order valence-electron chi connectivity index (χ4n) is 4.03. The molecule has 1 aromatic heterocycles. The standard InChI is InChI=1S/C22H23N3O4S/c1-14-8-10-15(11-9-14)19(17-7-4-12-30-17)23-18(26)13-24-20(27)21(28)25(22(24)29)16-5-2-3-6-16/h4,7-12,16,19H,2-3,5-6,13H2,1H3,(H,23,26). The van der Waals surface area contributed by atoms with Gasteiger partial charge in [0.15, 0.2) is 0 Å². The normalized spacial score (nSPS) is 18.4. The van der Waals surface area contributed by atoms with Crippen LogP contribution in [0.15, 0.2) is 41.8 Å². The van der Waals surface area contributed by atoms with Crippen molar-refractivity contribution in [1.29, 1.82) is 0 Å². The molecule has 1 atom stereocenters. The first-order valence-corrected chi connectivity index (χ1v) is 10.9. The predicted octanol–water partition coefficient (Wildman–Crippen LogP) is 3.00. The van der Waals surface area contributed by atoms with Crippen molar-refractivity contribution >= 4 is 35.1 Å². The Labute approximate surface area is 178 Å². The largest absolute Gasteiger partial charge is 0.343 e. The number of carbonyl (C=O) groups is 4. The summed E-state index contributed by atoms with van der Waals surface area (Å²) < 4.78 is 0. The molecule has 5 amide bonds. The van der Waals surface area contributed by atoms with E-state index in [1.54, 1.807) is 0 Å². The number of aryl methyl sites for hydroxylation is 1. The van der Waals surface area contributed by atoms with Crippen molar-refractivity contribution < 1.29 is 19.2 Å². The molecule has 1 aliphatic heterocycles. The molecule has 1 saturated carbocycles. The summed E-state index contributed by atoms with van der Waals surface area (Å²) in [5, 5.41) is 4.84. The van der Waals surface area contributed by atoms with Crippen LogP contribution in [0.25, 0.3) is 0 Å². The van der Waals surface area contributed by atoms with Gasteiger partial charge in [0.2, 0.25) is 5.91 Å². The summed E-state index contributed by atoms with van der Waals surface area (Å²) in [7, 11) is 0. The lowest BCUT2D eigenvalue weighted by Gasteiger charge is -2.22. The molecule has 1 unspecified atom stereocenters. The Morgan fingerprint density at radius 2 is 1.80 bits per heavy atom. The van der Waals surface area contributed by atoms with Crippen LogP contribution < -0.4 is 5.32 Å². The number of rotatable bonds is 6. The summed E-state index contributed by atoms with van der Waals surface area (Å²) >= 11 is 1.51. The first-order valence-electron chi connectivity index (χ1n) is 10.0. The fraction of sp³-hybridized carbons (Fsp3) is 0.364. The Morgan fingerprint density at radius 3 is 2.43 bits per heavy atom. The highest BCUT2D eigenvalue weighted by Gasteiger charge is 2.48. The third kappa shape index (κ3) is 3.87. The van der Waals surface area contributed by atoms with Crippen LogP contribution in [0.5, 0.6) is 0 Å². The number of benzene rings is 1. The minimum absolute atomic E-state index is 0.242. The predicted molar refractivity (Wildman–Crippen MR) is 112 cm³/mol. The van der Waals surface area contributed by atoms with Gasteiger partial charge in [-0.25, -0.2) is 9.69 Å². The van der Waals surface area contributed by atoms with Gasteiger partial charge in [-0.2, -0.15) is 0 Å². The van der Waals surface area contributed by atoms with Crippen molar-refractivity contribution in [3.8, 4) is 0 Å². The molecule has 0 bridgehead atoms. The zero-order chi connectivity index (χ0) is 21.3. The molecule has 4 rings (SSSR count). The number of hydrogen-bond acceptors (Lipinski definition) is 5. The molecule has 30 heavy (non-hydrogen) atoms. The smallest absolute Gasteiger partial charge is 0.334 e. The van der Waals surface area contributed by atoms with Crippen LogP contribution in [0, 0.1) is 6.92 Å². The number of carbonyl (C=O) groups excluding carboxylic acids is 4. The Kier molecular flexibility index (Phi) is 5.67. The van der Waals surface area contributed by atoms with Crippen LogP contribution in [0.4, 0.5) is 4.79 Å². The number of amides is 5. The van der Waals surface area contributed by atoms with Gasteiger partial charge >= 0.3 is 17.8 Å². The van der Waals surface area contributed by atoms with E-state index < -0.39 is 36.3 Å². The lowest BCUT2D eigenvalue weighted by atomic mass is 10.0. The molecule has 156 valence electrons. The second-order valence-electron chi connectivity index (χ2n) is 7.71. The van der Waals surface area contributed by atoms with Crippen molar-refractivity contribution in [2.24, 2.45) is 0 Å². The van der Waals surface area contributed by atoms with Gasteiger partial charge < -0.3 is 5.32 Å². The SMILES string of the molecule is Cc1ccc(C(NC(=O)CN2C(=O)C(=O)N(C3CCCC3)C2=O)c2cccs2)cc1. The van der Waals surface area contributed by atoms with Crippen LogP contribution in [0.1, 0.15) is 47.7 Å². The van der Waals surface area contributed by atoms with E-state index in [1.807, 2.05) is 48.7 Å². The van der Waals surface area contributed by atoms with Crippen LogP contribution >= 0.6 is 11.3 Å². The average molecular weight is 426 g/mol. The van der Waals surface area contributed by atoms with Crippen molar-refractivity contribution in [3.05, 3.63) is 57.8 Å². The second-order valence-corrected chi connectivity index (χ2v) is 8.69. The number of nitrogens with zero attached hydrogens (tertiary/aromatic N) is 2. The van der Waals surface area contributed by atoms with E-state index in [-0.39, 0.29) is 6.04 Å². The average Bonchev–Trinajstić information content (AvgIpc) is 3.47. The Balaban J connectivity index is 1.49. The van der Waals surface area contributed by atoms with E-state index in [0.717, 1.165) is 38.6 Å². The van der Waals surface area contributed by atoms with Crippen LogP contribution in [0.2, 0.25) is 0 Å². The lowest BCUT2D eigenvalue weighted by Crippen LogP contribution is -2.43. The van der Waals surface area contributed by atoms with E-state index in [1.165, 1.54) is 11.3 Å². The maximum absolute atomic E-state index is 12.8. The lowest BCUT2D eigenvalue weighted by molar-refractivity contribution is -0.144. The molecule has 1 N–H and O–H groups in total. The first kappa shape index (κ1) is 20.3. The van der Waals surface area contributed by atoms with Crippen molar-refractivity contribution in [1.82, 2.24) is 15.1 Å². The summed E-state index contributed by atoms with van der Waals surface area (Å²) in [6, 6.07) is 10.3. The number of hydrogen-bond donors (Lipinski definition) is 1. The van der Waals surface area contributed by atoms with Gasteiger partial charge in [-0.1, -0.05) is 48.7 Å². The van der Waals surface area contributed by atoms with Gasteiger partial charge in [0.05, 0.1) is 6.04 Å². The van der Waals surface area contributed by atoms with Gasteiger partial charge in [-0.05, 0) is 36.8 Å². The third-order valence-corrected chi connectivity index (χ3v) is 6.56. The monoisotopic (exact) mass is 425 g/mol. The van der Waals surface area contributed by atoms with Crippen LogP contribution in [0.3, 0.4) is 0 Å². The number of thiophene rings is 1. The molecule has 2 heterocycles. The highest BCUT2D eigenvalue weighted by Crippen LogP contribution is 2.29. The first-order chi connectivity index (χ1) is 14.5. The van der Waals surface area contributed by atoms with E-state index in [0.29, 0.717) is 12.8 Å². The van der Waals surface area contributed by atoms with Gasteiger partial charge in [-0.15, -0.1) is 11.3 Å². The maximum atomic E-state index is 12.8. The summed E-state index contributed by atoms with van der Waals surface area (Å²) in [6.45, 7) is 1.51. The van der Waals surface area contributed by atoms with E-state index in [9.17, 15) is 19.2 Å². The highest BCUT2D eigenvalue weighted by molar-refractivity contribution is 7.10. The molecule has 1 aromatic carbocycles. The zero-order valence-electron chi connectivity index (χ0n) is 16.7. The minimum Gasteiger partial charge on any atom is -0.343 e. The second kappa shape index (κ2) is 8.39. The topological polar surface area (TPSA) is 86.8 Å². The Hall–Kier alpha value is -3.00. The molecule has 2 aliphatic rings. The van der Waals surface area contributed by atoms with E-state index in [2.05, 4.69) is 5.32 Å². The number of urea groups is 1. The van der Waals surface area contributed by atoms with Crippen LogP contribution in [-0.4, -0.2) is 46.1 Å². The zero-order valence-corrected chi connectivity index (χ0v) is 17.5. The molecule has 8 heteroatoms. The molecule has 2 fully saturated rings. The Morgan fingerprint density at radius 1 is 1.10 bits per heavy atom. The molecule has 1 saturated heterocycles. The van der Waals surface area contributed by atoms with E-state index in [4.69, 9.17) is 0 Å². The molecule has 0 spiro atoms. The third-order valence-electron chi connectivity index (χ3n) is 5.62. The molecular formula is C22H23N3O4S. The fourth-order valence-corrected chi connectivity index (χ4v) is 4.83. The summed E-state index contributed by atoms with van der Waals surface area (Å²) in [6.07, 6.45) is 3.27. The number of nitrogens with one attached hydrogen (secondary N) is 1. The van der Waals surface area contributed by atoms with Crippen LogP contribution in [-0.2, 0) is 14.4 Å². The molecule has 1 aliphatic carbocycles. The molecular weight excluding hydrogens is 402 g/mol. The van der Waals surface area contributed by atoms with Gasteiger partial charge in [0.1, 0.15) is 6.54 Å². The van der Waals surface area contributed by atoms with Crippen molar-refractivity contribution in [2.45, 2.75) is 44.7 Å². The van der Waals surface area contributed by atoms with Gasteiger partial charge in [0, 0.05) is 10.9 Å². The van der Waals surface area contributed by atoms with Gasteiger partial charge in [-0.3, -0.25) is 19.3 Å². The van der Waals surface area contributed by atoms with Gasteiger partial charge in [0.25, 0.3) is 0 Å². The quantitative estimate of drug-likeness (QED) is 0.569. The minimum atomic E-state index is -0.926. The number of imide groups is 2. The molecule has 0 radical (unpaired) electrons.